The van der Waals surface area contributed by atoms with E-state index in [1.54, 1.807) is 29.5 Å². The highest BCUT2D eigenvalue weighted by atomic mass is 32.1. The minimum atomic E-state index is -0.187. The van der Waals surface area contributed by atoms with Crippen molar-refractivity contribution in [3.05, 3.63) is 71.3 Å². The van der Waals surface area contributed by atoms with E-state index in [2.05, 4.69) is 28.9 Å². The number of carbonyl (C=O) groups excluding carboxylic acids is 2. The fourth-order valence-corrected chi connectivity index (χ4v) is 4.89. The summed E-state index contributed by atoms with van der Waals surface area (Å²) in [7, 11) is 0. The summed E-state index contributed by atoms with van der Waals surface area (Å²) >= 11 is 1.67. The molecule has 0 bridgehead atoms. The van der Waals surface area contributed by atoms with Crippen molar-refractivity contribution in [3.63, 3.8) is 0 Å². The van der Waals surface area contributed by atoms with Crippen LogP contribution in [0.2, 0.25) is 0 Å². The summed E-state index contributed by atoms with van der Waals surface area (Å²) in [6.07, 6.45) is 6.58. The molecule has 4 rings (SSSR count). The Morgan fingerprint density at radius 3 is 2.77 bits per heavy atom. The van der Waals surface area contributed by atoms with Gasteiger partial charge in [0.05, 0.1) is 21.1 Å². The van der Waals surface area contributed by atoms with E-state index < -0.39 is 0 Å². The highest BCUT2D eigenvalue weighted by molar-refractivity contribution is 7.18. The lowest BCUT2D eigenvalue weighted by Gasteiger charge is -2.26. The zero-order valence-corrected chi connectivity index (χ0v) is 17.7. The highest BCUT2D eigenvalue weighted by Crippen LogP contribution is 2.39. The minimum Gasteiger partial charge on any atom is -0.352 e. The number of thiazole rings is 1. The fraction of sp³-hybridized carbons (Fsp3) is 0.292. The third-order valence-corrected chi connectivity index (χ3v) is 6.49. The van der Waals surface area contributed by atoms with Crippen molar-refractivity contribution >= 4 is 39.1 Å². The third-order valence-electron chi connectivity index (χ3n) is 5.32. The number of aromatic nitrogens is 1. The van der Waals surface area contributed by atoms with E-state index in [0.29, 0.717) is 24.2 Å². The van der Waals surface area contributed by atoms with E-state index in [1.165, 1.54) is 0 Å². The van der Waals surface area contributed by atoms with Crippen molar-refractivity contribution < 1.29 is 9.59 Å². The molecule has 0 saturated heterocycles. The summed E-state index contributed by atoms with van der Waals surface area (Å²) in [5, 5.41) is 6.89. The molecule has 1 aliphatic rings. The van der Waals surface area contributed by atoms with Gasteiger partial charge in [-0.1, -0.05) is 37.3 Å². The summed E-state index contributed by atoms with van der Waals surface area (Å²) in [4.78, 5) is 30.2. The second kappa shape index (κ2) is 9.22. The van der Waals surface area contributed by atoms with E-state index in [0.717, 1.165) is 28.1 Å². The number of hydrogen-bond acceptors (Lipinski definition) is 4. The first-order valence-corrected chi connectivity index (χ1v) is 11.2. The Labute approximate surface area is 180 Å². The van der Waals surface area contributed by atoms with E-state index >= 15 is 0 Å². The van der Waals surface area contributed by atoms with Gasteiger partial charge in [0, 0.05) is 23.7 Å². The Hall–Kier alpha value is -2.99. The summed E-state index contributed by atoms with van der Waals surface area (Å²) < 4.78 is 1.15. The summed E-state index contributed by atoms with van der Waals surface area (Å²) in [6.45, 7) is 2.64. The molecule has 0 spiro atoms. The molecular weight excluding hydrogens is 394 g/mol. The van der Waals surface area contributed by atoms with Gasteiger partial charge < -0.3 is 10.6 Å². The number of fused-ring (bicyclic) bond motifs is 1. The van der Waals surface area contributed by atoms with Crippen LogP contribution in [0.3, 0.4) is 0 Å². The van der Waals surface area contributed by atoms with Gasteiger partial charge in [-0.15, -0.1) is 11.3 Å². The minimum absolute atomic E-state index is 0.0327. The van der Waals surface area contributed by atoms with Gasteiger partial charge in [-0.25, -0.2) is 4.98 Å². The number of para-hydroxylation sites is 1. The largest absolute Gasteiger partial charge is 0.352 e. The van der Waals surface area contributed by atoms with Crippen molar-refractivity contribution in [1.82, 2.24) is 10.3 Å². The van der Waals surface area contributed by atoms with Crippen molar-refractivity contribution in [2.75, 3.05) is 11.9 Å². The third kappa shape index (κ3) is 4.44. The van der Waals surface area contributed by atoms with Crippen LogP contribution < -0.4 is 10.6 Å². The van der Waals surface area contributed by atoms with Crippen LogP contribution >= 0.6 is 11.3 Å². The maximum Gasteiger partial charge on any atom is 0.251 e. The Balaban J connectivity index is 1.51. The van der Waals surface area contributed by atoms with Crippen LogP contribution in [0, 0.1) is 5.92 Å². The zero-order valence-electron chi connectivity index (χ0n) is 16.9. The van der Waals surface area contributed by atoms with Crippen LogP contribution in [0.1, 0.15) is 47.5 Å². The second-order valence-corrected chi connectivity index (χ2v) is 8.56. The van der Waals surface area contributed by atoms with Crippen molar-refractivity contribution in [2.45, 2.75) is 32.1 Å². The molecule has 2 N–H and O–H groups in total. The molecule has 0 saturated carbocycles. The van der Waals surface area contributed by atoms with Gasteiger partial charge in [0.2, 0.25) is 5.91 Å². The predicted molar refractivity (Wildman–Crippen MR) is 122 cm³/mol. The van der Waals surface area contributed by atoms with E-state index in [-0.39, 0.29) is 23.7 Å². The molecule has 2 aromatic carbocycles. The Morgan fingerprint density at radius 2 is 1.93 bits per heavy atom. The molecule has 2 unspecified atom stereocenters. The number of amides is 2. The maximum absolute atomic E-state index is 13.2. The number of nitrogens with zero attached hydrogens (tertiary/aromatic N) is 1. The second-order valence-electron chi connectivity index (χ2n) is 7.50. The number of nitrogens with one attached hydrogen (secondary N) is 2. The number of benzene rings is 2. The van der Waals surface area contributed by atoms with Gasteiger partial charge in [-0.05, 0) is 49.6 Å². The molecule has 0 aliphatic heterocycles. The zero-order chi connectivity index (χ0) is 20.9. The lowest BCUT2D eigenvalue weighted by Crippen LogP contribution is -2.29. The Bertz CT molecular complexity index is 1060. The normalized spacial score (nSPS) is 18.3. The Morgan fingerprint density at radius 1 is 1.10 bits per heavy atom. The molecule has 1 heterocycles. The van der Waals surface area contributed by atoms with E-state index in [1.807, 2.05) is 31.2 Å². The lowest BCUT2D eigenvalue weighted by molar-refractivity contribution is -0.120. The molecule has 0 fully saturated rings. The number of anilines is 1. The molecule has 1 aromatic heterocycles. The number of allylic oxidation sites excluding steroid dienone is 2. The van der Waals surface area contributed by atoms with Crippen LogP contribution in [0.5, 0.6) is 0 Å². The summed E-state index contributed by atoms with van der Waals surface area (Å²) in [5.41, 5.74) is 2.17. The predicted octanol–water partition coefficient (Wildman–Crippen LogP) is 5.12. The molecule has 1 aliphatic carbocycles. The summed E-state index contributed by atoms with van der Waals surface area (Å²) in [6, 6.07) is 15.2. The van der Waals surface area contributed by atoms with Crippen LogP contribution in [0.4, 0.5) is 5.69 Å². The van der Waals surface area contributed by atoms with Crippen LogP contribution in [-0.4, -0.2) is 23.3 Å². The van der Waals surface area contributed by atoms with E-state index in [9.17, 15) is 9.59 Å². The van der Waals surface area contributed by atoms with Gasteiger partial charge in [0.1, 0.15) is 0 Å². The standard InChI is InChI=1S/C24H25N3O2S/c1-2-14-25-22(28)16-8-7-9-17(15-16)26-23(29)18-10-3-4-11-19(18)24-27-20-12-5-6-13-21(20)30-24/h3-9,12-13,15,18-19H,2,10-11,14H2,1H3,(H,25,28)(H,26,29). The lowest BCUT2D eigenvalue weighted by atomic mass is 9.82. The number of carbonyl (C=O) groups is 2. The molecule has 30 heavy (non-hydrogen) atoms. The highest BCUT2D eigenvalue weighted by Gasteiger charge is 2.32. The molecule has 3 aromatic rings. The average molecular weight is 420 g/mol. The average Bonchev–Trinajstić information content (AvgIpc) is 3.22. The summed E-state index contributed by atoms with van der Waals surface area (Å²) in [5.74, 6) is -0.285. The maximum atomic E-state index is 13.2. The smallest absolute Gasteiger partial charge is 0.251 e. The molecular formula is C24H25N3O2S. The monoisotopic (exact) mass is 419 g/mol. The van der Waals surface area contributed by atoms with Crippen LogP contribution in [0.15, 0.2) is 60.7 Å². The van der Waals surface area contributed by atoms with E-state index in [4.69, 9.17) is 4.98 Å². The van der Waals surface area contributed by atoms with Crippen molar-refractivity contribution in [2.24, 2.45) is 5.92 Å². The first-order valence-electron chi connectivity index (χ1n) is 10.4. The van der Waals surface area contributed by atoms with Crippen LogP contribution in [0.25, 0.3) is 10.2 Å². The first-order chi connectivity index (χ1) is 14.7. The molecule has 6 heteroatoms. The van der Waals surface area contributed by atoms with Gasteiger partial charge in [-0.2, -0.15) is 0 Å². The molecule has 154 valence electrons. The quantitative estimate of drug-likeness (QED) is 0.545. The van der Waals surface area contributed by atoms with Crippen molar-refractivity contribution in [1.29, 1.82) is 0 Å². The first kappa shape index (κ1) is 20.3. The van der Waals surface area contributed by atoms with Gasteiger partial charge in [-0.3, -0.25) is 9.59 Å². The SMILES string of the molecule is CCCNC(=O)c1cccc(NC(=O)C2CC=CCC2c2nc3ccccc3s2)c1. The molecule has 5 nitrogen and oxygen atoms in total. The van der Waals surface area contributed by atoms with Crippen LogP contribution in [-0.2, 0) is 4.79 Å². The molecule has 2 amide bonds. The Kier molecular flexibility index (Phi) is 6.23. The van der Waals surface area contributed by atoms with Gasteiger partial charge in [0.25, 0.3) is 5.91 Å². The fourth-order valence-electron chi connectivity index (χ4n) is 3.74. The number of rotatable bonds is 6. The molecule has 2 atom stereocenters. The van der Waals surface area contributed by atoms with Gasteiger partial charge >= 0.3 is 0 Å². The molecule has 0 radical (unpaired) electrons. The van der Waals surface area contributed by atoms with Gasteiger partial charge in [0.15, 0.2) is 0 Å². The number of hydrogen-bond donors (Lipinski definition) is 2. The topological polar surface area (TPSA) is 71.1 Å². The van der Waals surface area contributed by atoms with Crippen molar-refractivity contribution in [3.8, 4) is 0 Å².